The summed E-state index contributed by atoms with van der Waals surface area (Å²) in [7, 11) is 1.44. The highest BCUT2D eigenvalue weighted by Gasteiger charge is 2.30. The van der Waals surface area contributed by atoms with Crippen molar-refractivity contribution in [3.63, 3.8) is 0 Å². The molecule has 3 aromatic rings. The smallest absolute Gasteiger partial charge is 0.373 e. The third-order valence-corrected chi connectivity index (χ3v) is 5.27. The summed E-state index contributed by atoms with van der Waals surface area (Å²) < 4.78 is 21.6. The van der Waals surface area contributed by atoms with Gasteiger partial charge in [-0.15, -0.1) is 0 Å². The number of aryl methyl sites for hydroxylation is 1. The number of hydrogen-bond donors (Lipinski definition) is 0. The molecule has 0 spiro atoms. The number of nitro groups is 1. The molecule has 0 aliphatic carbocycles. The zero-order valence-electron chi connectivity index (χ0n) is 20.8. The number of ketones is 1. The van der Waals surface area contributed by atoms with Gasteiger partial charge >= 0.3 is 17.5 Å². The van der Waals surface area contributed by atoms with E-state index < -0.39 is 16.6 Å². The number of esters is 1. The first kappa shape index (κ1) is 27.1. The van der Waals surface area contributed by atoms with Crippen molar-refractivity contribution >= 4 is 23.3 Å². The monoisotopic (exact) mass is 512 g/mol. The van der Waals surface area contributed by atoms with E-state index in [9.17, 15) is 19.7 Å². The van der Waals surface area contributed by atoms with Crippen LogP contribution in [0.3, 0.4) is 0 Å². The predicted octanol–water partition coefficient (Wildman–Crippen LogP) is 4.26. The average Bonchev–Trinajstić information content (AvgIpc) is 3.39. The van der Waals surface area contributed by atoms with Crippen LogP contribution >= 0.6 is 0 Å². The molecule has 0 aliphatic heterocycles. The highest BCUT2D eigenvalue weighted by molar-refractivity contribution is 5.75. The molecule has 196 valence electrons. The van der Waals surface area contributed by atoms with E-state index in [4.69, 9.17) is 18.6 Å². The molecule has 2 heterocycles. The molecule has 37 heavy (non-hydrogen) atoms. The van der Waals surface area contributed by atoms with Gasteiger partial charge in [0.05, 0.1) is 37.9 Å². The van der Waals surface area contributed by atoms with E-state index in [2.05, 4.69) is 9.97 Å². The predicted molar refractivity (Wildman–Crippen MR) is 132 cm³/mol. The lowest BCUT2D eigenvalue weighted by Gasteiger charge is -2.22. The maximum Gasteiger partial charge on any atom is 0.373 e. The number of carbonyl (C=O) groups excluding carboxylic acids is 2. The summed E-state index contributed by atoms with van der Waals surface area (Å²) >= 11 is 0. The Kier molecular flexibility index (Phi) is 9.53. The Labute approximate surface area is 213 Å². The topological polar surface area (TPSA) is 147 Å². The van der Waals surface area contributed by atoms with Gasteiger partial charge < -0.3 is 28.3 Å². The Bertz CT molecular complexity index is 1230. The van der Waals surface area contributed by atoms with Gasteiger partial charge in [0.15, 0.2) is 11.5 Å². The number of hydrogen-bond acceptors (Lipinski definition) is 11. The molecular formula is C25H28N4O8. The van der Waals surface area contributed by atoms with Gasteiger partial charge in [0, 0.05) is 13.0 Å². The molecule has 3 rings (SSSR count). The largest absolute Gasteiger partial charge is 0.493 e. The van der Waals surface area contributed by atoms with Crippen molar-refractivity contribution < 1.29 is 33.1 Å². The molecule has 0 N–H and O–H groups in total. The molecular weight excluding hydrogens is 484 g/mol. The van der Waals surface area contributed by atoms with Crippen LogP contribution in [0.1, 0.15) is 38.0 Å². The summed E-state index contributed by atoms with van der Waals surface area (Å²) in [6.07, 6.45) is 3.49. The highest BCUT2D eigenvalue weighted by atomic mass is 16.6. The van der Waals surface area contributed by atoms with E-state index >= 15 is 0 Å². The van der Waals surface area contributed by atoms with Crippen LogP contribution in [0.25, 0.3) is 0 Å². The maximum atomic E-state index is 12.2. The van der Waals surface area contributed by atoms with Crippen LogP contribution < -0.4 is 14.4 Å². The fourth-order valence-electron chi connectivity index (χ4n) is 3.51. The van der Waals surface area contributed by atoms with Crippen molar-refractivity contribution in [1.29, 1.82) is 0 Å². The number of ether oxygens (including phenoxy) is 3. The van der Waals surface area contributed by atoms with Crippen molar-refractivity contribution in [2.24, 2.45) is 0 Å². The minimum absolute atomic E-state index is 0.0263. The number of Topliss-reactive ketones (excluding diaryl/α,β-unsaturated/α-hetero) is 1. The molecule has 0 fully saturated rings. The molecule has 0 aliphatic rings. The van der Waals surface area contributed by atoms with Crippen LogP contribution in [0.15, 0.2) is 47.3 Å². The number of furan rings is 1. The molecule has 0 unspecified atom stereocenters. The molecule has 0 saturated carbocycles. The lowest BCUT2D eigenvalue weighted by molar-refractivity contribution is -0.385. The molecule has 12 heteroatoms. The first-order chi connectivity index (χ1) is 17.8. The van der Waals surface area contributed by atoms with Crippen LogP contribution in [0.5, 0.6) is 17.4 Å². The van der Waals surface area contributed by atoms with Gasteiger partial charge in [-0.05, 0) is 50.1 Å². The van der Waals surface area contributed by atoms with E-state index in [1.807, 2.05) is 0 Å². The Morgan fingerprint density at radius 3 is 2.62 bits per heavy atom. The SMILES string of the molecule is CCOC(=O)CCN(Cc1ccco1)c1ncnc(Oc2ccc(CCC(C)=O)cc2OC)c1[N+](=O)[O-]. The third-order valence-electron chi connectivity index (χ3n) is 5.27. The van der Waals surface area contributed by atoms with Crippen molar-refractivity contribution in [2.75, 3.05) is 25.2 Å². The minimum atomic E-state index is -0.641. The van der Waals surface area contributed by atoms with Crippen LogP contribution in [-0.4, -0.2) is 46.9 Å². The number of methoxy groups -OCH3 is 1. The molecule has 0 amide bonds. The van der Waals surface area contributed by atoms with Crippen LogP contribution in [-0.2, 0) is 27.3 Å². The lowest BCUT2D eigenvalue weighted by Crippen LogP contribution is -2.28. The standard InChI is InChI=1S/C25H28N4O8/c1-4-35-22(31)11-12-28(15-19-6-5-13-36-19)24-23(29(32)33)25(27-16-26-24)37-20-10-9-18(8-7-17(2)30)14-21(20)34-3/h5-6,9-10,13-14,16H,4,7-8,11-12,15H2,1-3H3. The summed E-state index contributed by atoms with van der Waals surface area (Å²) in [5.41, 5.74) is 0.362. The molecule has 0 bridgehead atoms. The number of nitrogens with zero attached hydrogens (tertiary/aromatic N) is 4. The van der Waals surface area contributed by atoms with E-state index in [1.54, 1.807) is 37.3 Å². The summed E-state index contributed by atoms with van der Waals surface area (Å²) in [5, 5.41) is 12.2. The minimum Gasteiger partial charge on any atom is -0.493 e. The van der Waals surface area contributed by atoms with Gasteiger partial charge in [-0.3, -0.25) is 14.9 Å². The first-order valence-electron chi connectivity index (χ1n) is 11.6. The number of aromatic nitrogens is 2. The highest BCUT2D eigenvalue weighted by Crippen LogP contribution is 2.39. The Morgan fingerprint density at radius 2 is 1.97 bits per heavy atom. The average molecular weight is 513 g/mol. The van der Waals surface area contributed by atoms with Gasteiger partial charge in [0.25, 0.3) is 0 Å². The van der Waals surface area contributed by atoms with Gasteiger partial charge in [-0.25, -0.2) is 4.98 Å². The molecule has 2 aromatic heterocycles. The molecule has 0 radical (unpaired) electrons. The quantitative estimate of drug-likeness (QED) is 0.173. The van der Waals surface area contributed by atoms with Crippen LogP contribution in [0.2, 0.25) is 0 Å². The lowest BCUT2D eigenvalue weighted by atomic mass is 10.1. The van der Waals surface area contributed by atoms with E-state index in [0.717, 1.165) is 11.9 Å². The number of benzene rings is 1. The fraction of sp³-hybridized carbons (Fsp3) is 0.360. The Morgan fingerprint density at radius 1 is 1.16 bits per heavy atom. The second-order valence-corrected chi connectivity index (χ2v) is 7.95. The summed E-state index contributed by atoms with van der Waals surface area (Å²) in [4.78, 5) is 44.5. The van der Waals surface area contributed by atoms with Gasteiger partial charge in [-0.2, -0.15) is 4.98 Å². The van der Waals surface area contributed by atoms with Gasteiger partial charge in [-0.1, -0.05) is 6.07 Å². The number of rotatable bonds is 14. The van der Waals surface area contributed by atoms with Gasteiger partial charge in [0.1, 0.15) is 17.9 Å². The maximum absolute atomic E-state index is 12.2. The molecule has 0 atom stereocenters. The second kappa shape index (κ2) is 13.0. The first-order valence-corrected chi connectivity index (χ1v) is 11.6. The normalized spacial score (nSPS) is 10.6. The zero-order chi connectivity index (χ0) is 26.8. The zero-order valence-corrected chi connectivity index (χ0v) is 20.8. The second-order valence-electron chi connectivity index (χ2n) is 7.95. The van der Waals surface area contributed by atoms with Crippen molar-refractivity contribution in [3.8, 4) is 17.4 Å². The Balaban J connectivity index is 1.95. The van der Waals surface area contributed by atoms with Crippen LogP contribution in [0, 0.1) is 10.1 Å². The van der Waals surface area contributed by atoms with Crippen molar-refractivity contribution in [3.05, 3.63) is 64.4 Å². The van der Waals surface area contributed by atoms with Crippen molar-refractivity contribution in [2.45, 2.75) is 39.7 Å². The van der Waals surface area contributed by atoms with Crippen LogP contribution in [0.4, 0.5) is 11.5 Å². The van der Waals surface area contributed by atoms with E-state index in [1.165, 1.54) is 25.2 Å². The Hall–Kier alpha value is -4.48. The summed E-state index contributed by atoms with van der Waals surface area (Å²) in [5.74, 6) is 0.302. The van der Waals surface area contributed by atoms with Gasteiger partial charge in [0.2, 0.25) is 5.82 Å². The summed E-state index contributed by atoms with van der Waals surface area (Å²) in [6, 6.07) is 8.45. The molecule has 12 nitrogen and oxygen atoms in total. The third kappa shape index (κ3) is 7.50. The fourth-order valence-corrected chi connectivity index (χ4v) is 3.51. The van der Waals surface area contributed by atoms with Crippen molar-refractivity contribution in [1.82, 2.24) is 9.97 Å². The number of carbonyl (C=O) groups is 2. The van der Waals surface area contributed by atoms with E-state index in [-0.39, 0.29) is 49.3 Å². The summed E-state index contributed by atoms with van der Waals surface area (Å²) in [6.45, 7) is 3.62. The van der Waals surface area contributed by atoms with E-state index in [0.29, 0.717) is 24.4 Å². The number of anilines is 1. The molecule has 0 saturated heterocycles. The molecule has 1 aromatic carbocycles.